The predicted octanol–water partition coefficient (Wildman–Crippen LogP) is 4.06. The van der Waals surface area contributed by atoms with Gasteiger partial charge in [-0.3, -0.25) is 9.59 Å². The maximum Gasteiger partial charge on any atom is 0.378 e. The van der Waals surface area contributed by atoms with Crippen molar-refractivity contribution in [2.45, 2.75) is 26.5 Å². The molecule has 172 valence electrons. The van der Waals surface area contributed by atoms with Crippen LogP contribution in [0.3, 0.4) is 0 Å². The Labute approximate surface area is 200 Å². The molecule has 2 aromatic carbocycles. The fourth-order valence-electron chi connectivity index (χ4n) is 3.21. The highest BCUT2D eigenvalue weighted by atomic mass is 32.1. The molecule has 0 aliphatic carbocycles. The number of carbonyl (C=O) groups is 3. The number of esters is 1. The summed E-state index contributed by atoms with van der Waals surface area (Å²) >= 11 is 1.24. The third-order valence-electron chi connectivity index (χ3n) is 4.89. The lowest BCUT2D eigenvalue weighted by molar-refractivity contribution is -0.119. The standard InChI is InChI=1S/C25H22N4O4S/c1-16(22(31)21-14-13-20(34-21)15-26-17(2)30)33-25(32)23-27-24(18-9-5-3-6-10-18)29(28-23)19-11-7-4-8-12-19/h3-14,16H,15H2,1-2H3,(H,26,30). The summed E-state index contributed by atoms with van der Waals surface area (Å²) in [6, 6.07) is 22.1. The monoisotopic (exact) mass is 474 g/mol. The zero-order valence-electron chi connectivity index (χ0n) is 18.6. The van der Waals surface area contributed by atoms with Crippen LogP contribution >= 0.6 is 11.3 Å². The van der Waals surface area contributed by atoms with Crippen LogP contribution in [0.1, 0.15) is 39.0 Å². The molecular weight excluding hydrogens is 452 g/mol. The van der Waals surface area contributed by atoms with E-state index in [4.69, 9.17) is 4.74 Å². The summed E-state index contributed by atoms with van der Waals surface area (Å²) in [4.78, 5) is 42.4. The van der Waals surface area contributed by atoms with Crippen molar-refractivity contribution >= 4 is 29.0 Å². The third kappa shape index (κ3) is 5.26. The van der Waals surface area contributed by atoms with Gasteiger partial charge in [0.1, 0.15) is 0 Å². The summed E-state index contributed by atoms with van der Waals surface area (Å²) in [6.45, 7) is 3.28. The number of hydrogen-bond donors (Lipinski definition) is 1. The van der Waals surface area contributed by atoms with Gasteiger partial charge in [0.2, 0.25) is 11.7 Å². The van der Waals surface area contributed by atoms with Crippen molar-refractivity contribution in [2.24, 2.45) is 0 Å². The average Bonchev–Trinajstić information content (AvgIpc) is 3.51. The van der Waals surface area contributed by atoms with Gasteiger partial charge in [-0.25, -0.2) is 14.5 Å². The van der Waals surface area contributed by atoms with Crippen LogP contribution in [0.5, 0.6) is 0 Å². The van der Waals surface area contributed by atoms with Gasteiger partial charge in [0.15, 0.2) is 11.9 Å². The Morgan fingerprint density at radius 1 is 1.00 bits per heavy atom. The molecule has 4 aromatic rings. The molecule has 2 heterocycles. The van der Waals surface area contributed by atoms with E-state index in [1.54, 1.807) is 16.8 Å². The minimum atomic E-state index is -1.02. The van der Waals surface area contributed by atoms with E-state index in [2.05, 4.69) is 15.4 Å². The van der Waals surface area contributed by atoms with E-state index < -0.39 is 12.1 Å². The predicted molar refractivity (Wildman–Crippen MR) is 128 cm³/mol. The molecule has 0 bridgehead atoms. The van der Waals surface area contributed by atoms with Crippen LogP contribution in [-0.4, -0.2) is 38.5 Å². The molecule has 0 saturated heterocycles. The first-order valence-electron chi connectivity index (χ1n) is 10.6. The number of nitrogens with one attached hydrogen (secondary N) is 1. The SMILES string of the molecule is CC(=O)NCc1ccc(C(=O)C(C)OC(=O)c2nc(-c3ccccc3)n(-c3ccccc3)n2)s1. The number of rotatable bonds is 8. The number of ketones is 1. The Morgan fingerprint density at radius 3 is 2.35 bits per heavy atom. The molecule has 0 saturated carbocycles. The topological polar surface area (TPSA) is 103 Å². The van der Waals surface area contributed by atoms with Gasteiger partial charge >= 0.3 is 5.97 Å². The maximum atomic E-state index is 12.8. The van der Waals surface area contributed by atoms with Crippen molar-refractivity contribution in [3.8, 4) is 17.1 Å². The van der Waals surface area contributed by atoms with Gasteiger partial charge < -0.3 is 10.1 Å². The molecule has 34 heavy (non-hydrogen) atoms. The summed E-state index contributed by atoms with van der Waals surface area (Å²) in [6.07, 6.45) is -1.02. The van der Waals surface area contributed by atoms with Gasteiger partial charge in [-0.2, -0.15) is 0 Å². The van der Waals surface area contributed by atoms with Gasteiger partial charge in [0, 0.05) is 17.4 Å². The first-order valence-corrected chi connectivity index (χ1v) is 11.4. The van der Waals surface area contributed by atoms with Crippen molar-refractivity contribution < 1.29 is 19.1 Å². The van der Waals surface area contributed by atoms with Gasteiger partial charge in [-0.15, -0.1) is 16.4 Å². The summed E-state index contributed by atoms with van der Waals surface area (Å²) in [5, 5.41) is 7.06. The first-order chi connectivity index (χ1) is 16.4. The average molecular weight is 475 g/mol. The van der Waals surface area contributed by atoms with Crippen LogP contribution in [0.2, 0.25) is 0 Å². The zero-order chi connectivity index (χ0) is 24.1. The Hall–Kier alpha value is -4.11. The molecule has 0 aliphatic heterocycles. The largest absolute Gasteiger partial charge is 0.448 e. The lowest BCUT2D eigenvalue weighted by Gasteiger charge is -2.09. The van der Waals surface area contributed by atoms with E-state index in [1.807, 2.05) is 60.7 Å². The van der Waals surface area contributed by atoms with Gasteiger partial charge in [0.25, 0.3) is 5.82 Å². The Balaban J connectivity index is 1.53. The maximum absolute atomic E-state index is 12.8. The number of Topliss-reactive ketones (excluding diaryl/α,β-unsaturated/α-hetero) is 1. The zero-order valence-corrected chi connectivity index (χ0v) is 19.4. The van der Waals surface area contributed by atoms with Crippen LogP contribution in [0, 0.1) is 0 Å². The number of carbonyl (C=O) groups excluding carboxylic acids is 3. The fourth-order valence-corrected chi connectivity index (χ4v) is 4.17. The first kappa shape index (κ1) is 23.1. The fraction of sp³-hybridized carbons (Fsp3) is 0.160. The number of para-hydroxylation sites is 1. The second-order valence-corrected chi connectivity index (χ2v) is 8.63. The van der Waals surface area contributed by atoms with Crippen molar-refractivity contribution in [2.75, 3.05) is 0 Å². The van der Waals surface area contributed by atoms with E-state index in [1.165, 1.54) is 25.2 Å². The van der Waals surface area contributed by atoms with E-state index in [-0.39, 0.29) is 17.5 Å². The molecule has 1 unspecified atom stereocenters. The van der Waals surface area contributed by atoms with Gasteiger partial charge in [-0.05, 0) is 31.2 Å². The van der Waals surface area contributed by atoms with Crippen LogP contribution in [0.15, 0.2) is 72.8 Å². The van der Waals surface area contributed by atoms with Crippen LogP contribution in [-0.2, 0) is 16.1 Å². The smallest absolute Gasteiger partial charge is 0.378 e. The summed E-state index contributed by atoms with van der Waals surface area (Å²) in [5.41, 5.74) is 1.52. The number of aromatic nitrogens is 3. The highest BCUT2D eigenvalue weighted by molar-refractivity contribution is 7.14. The number of nitrogens with zero attached hydrogens (tertiary/aromatic N) is 3. The van der Waals surface area contributed by atoms with Crippen LogP contribution in [0.25, 0.3) is 17.1 Å². The van der Waals surface area contributed by atoms with Crippen molar-refractivity contribution in [1.82, 2.24) is 20.1 Å². The van der Waals surface area contributed by atoms with E-state index in [0.717, 1.165) is 16.1 Å². The van der Waals surface area contributed by atoms with E-state index >= 15 is 0 Å². The lowest BCUT2D eigenvalue weighted by atomic mass is 10.2. The number of thiophene rings is 1. The number of amides is 1. The number of hydrogen-bond acceptors (Lipinski definition) is 7. The van der Waals surface area contributed by atoms with Crippen molar-refractivity contribution in [3.05, 3.63) is 88.4 Å². The summed E-state index contributed by atoms with van der Waals surface area (Å²) < 4.78 is 6.99. The minimum absolute atomic E-state index is 0.139. The second kappa shape index (κ2) is 10.2. The van der Waals surface area contributed by atoms with Gasteiger partial charge in [0.05, 0.1) is 17.1 Å². The molecule has 1 N–H and O–H groups in total. The molecule has 2 aromatic heterocycles. The highest BCUT2D eigenvalue weighted by Crippen LogP contribution is 2.22. The van der Waals surface area contributed by atoms with Crippen LogP contribution in [0.4, 0.5) is 0 Å². The molecule has 0 fully saturated rings. The Morgan fingerprint density at radius 2 is 1.68 bits per heavy atom. The molecule has 1 atom stereocenters. The van der Waals surface area contributed by atoms with Crippen molar-refractivity contribution in [1.29, 1.82) is 0 Å². The molecule has 0 aliphatic rings. The number of ether oxygens (including phenoxy) is 1. The Kier molecular flexibility index (Phi) is 6.93. The molecule has 4 rings (SSSR count). The second-order valence-electron chi connectivity index (χ2n) is 7.46. The molecular formula is C25H22N4O4S. The lowest BCUT2D eigenvalue weighted by Crippen LogP contribution is -2.24. The molecule has 9 heteroatoms. The van der Waals surface area contributed by atoms with E-state index in [9.17, 15) is 14.4 Å². The summed E-state index contributed by atoms with van der Waals surface area (Å²) in [7, 11) is 0. The molecule has 8 nitrogen and oxygen atoms in total. The van der Waals surface area contributed by atoms with Gasteiger partial charge in [-0.1, -0.05) is 48.5 Å². The van der Waals surface area contributed by atoms with Crippen molar-refractivity contribution in [3.63, 3.8) is 0 Å². The quantitative estimate of drug-likeness (QED) is 0.305. The normalized spacial score (nSPS) is 11.6. The molecule has 0 spiro atoms. The highest BCUT2D eigenvalue weighted by Gasteiger charge is 2.26. The third-order valence-corrected chi connectivity index (χ3v) is 5.99. The van der Waals surface area contributed by atoms with E-state index in [0.29, 0.717) is 17.2 Å². The minimum Gasteiger partial charge on any atom is -0.448 e. The summed E-state index contributed by atoms with van der Waals surface area (Å²) in [5.74, 6) is -0.930. The molecule has 1 amide bonds. The number of benzene rings is 2. The molecule has 0 radical (unpaired) electrons. The Bertz CT molecular complexity index is 1260. The van der Waals surface area contributed by atoms with Crippen LogP contribution < -0.4 is 5.32 Å².